The molecule has 0 fully saturated rings. The largest absolute Gasteiger partial charge is 0.486 e. The molecule has 9 heteroatoms. The normalized spacial score (nSPS) is 15.8. The van der Waals surface area contributed by atoms with E-state index in [1.165, 1.54) is 11.3 Å². The lowest BCUT2D eigenvalue weighted by molar-refractivity contribution is 0.102. The maximum atomic E-state index is 12.6. The predicted molar refractivity (Wildman–Crippen MR) is 92.6 cm³/mol. The Bertz CT molecular complexity index is 937. The first kappa shape index (κ1) is 14.7. The fraction of sp³-hybridized carbons (Fsp3) is 0.312. The molecule has 0 radical (unpaired) electrons. The number of carbonyl (C=O) groups excluding carboxylic acids is 1. The number of hydrogen-bond donors (Lipinski definition) is 3. The van der Waals surface area contributed by atoms with E-state index in [2.05, 4.69) is 25.8 Å². The second kappa shape index (κ2) is 5.71. The van der Waals surface area contributed by atoms with Crippen molar-refractivity contribution in [2.45, 2.75) is 13.0 Å². The molecule has 2 aromatic heterocycles. The molecular formula is C16H15N5O3S. The van der Waals surface area contributed by atoms with Gasteiger partial charge in [-0.3, -0.25) is 15.2 Å². The summed E-state index contributed by atoms with van der Waals surface area (Å²) in [4.78, 5) is 17.1. The number of carbonyl (C=O) groups is 1. The number of hydrogen-bond acceptors (Lipinski definition) is 7. The molecule has 8 nitrogen and oxygen atoms in total. The van der Waals surface area contributed by atoms with Crippen LogP contribution in [-0.4, -0.2) is 40.8 Å². The number of anilines is 1. The number of benzene rings is 1. The Morgan fingerprint density at radius 1 is 1.24 bits per heavy atom. The summed E-state index contributed by atoms with van der Waals surface area (Å²) < 4.78 is 12.1. The van der Waals surface area contributed by atoms with Crippen LogP contribution < -0.4 is 20.1 Å². The zero-order chi connectivity index (χ0) is 16.8. The molecule has 0 unspecified atom stereocenters. The minimum atomic E-state index is -0.252. The van der Waals surface area contributed by atoms with Gasteiger partial charge in [0.2, 0.25) is 0 Å². The highest BCUT2D eigenvalue weighted by atomic mass is 32.1. The third-order valence-electron chi connectivity index (χ3n) is 4.29. The topological polar surface area (TPSA) is 101 Å². The van der Waals surface area contributed by atoms with Gasteiger partial charge in [0.25, 0.3) is 5.91 Å². The number of thiazole rings is 1. The predicted octanol–water partition coefficient (Wildman–Crippen LogP) is 1.69. The molecule has 0 saturated carbocycles. The lowest BCUT2D eigenvalue weighted by Crippen LogP contribution is -2.25. The van der Waals surface area contributed by atoms with E-state index >= 15 is 0 Å². The van der Waals surface area contributed by atoms with Gasteiger partial charge in [-0.15, -0.1) is 0 Å². The van der Waals surface area contributed by atoms with Crippen molar-refractivity contribution in [1.29, 1.82) is 0 Å². The Morgan fingerprint density at radius 2 is 2.08 bits per heavy atom. The van der Waals surface area contributed by atoms with Gasteiger partial charge in [0, 0.05) is 42.9 Å². The molecule has 0 spiro atoms. The SMILES string of the molecule is O=C(Nc1nc2cc3c(cc2s1)OCCO3)c1n[nH]c2c1CNCC2. The maximum Gasteiger partial charge on any atom is 0.278 e. The van der Waals surface area contributed by atoms with Crippen molar-refractivity contribution in [1.82, 2.24) is 20.5 Å². The Labute approximate surface area is 146 Å². The highest BCUT2D eigenvalue weighted by molar-refractivity contribution is 7.22. The Kier molecular flexibility index (Phi) is 3.35. The number of rotatable bonds is 2. The van der Waals surface area contributed by atoms with Crippen LogP contribution in [0.4, 0.5) is 5.13 Å². The highest BCUT2D eigenvalue weighted by Gasteiger charge is 2.23. The van der Waals surface area contributed by atoms with Crippen LogP contribution in [0.3, 0.4) is 0 Å². The average molecular weight is 357 g/mol. The Hall–Kier alpha value is -2.65. The summed E-state index contributed by atoms with van der Waals surface area (Å²) in [6, 6.07) is 3.74. The maximum absolute atomic E-state index is 12.6. The van der Waals surface area contributed by atoms with Crippen molar-refractivity contribution < 1.29 is 14.3 Å². The van der Waals surface area contributed by atoms with E-state index in [0.717, 1.165) is 34.4 Å². The van der Waals surface area contributed by atoms with Crippen LogP contribution in [0.5, 0.6) is 11.5 Å². The number of fused-ring (bicyclic) bond motifs is 3. The van der Waals surface area contributed by atoms with Crippen LogP contribution in [0.1, 0.15) is 21.7 Å². The number of amides is 1. The van der Waals surface area contributed by atoms with Gasteiger partial charge >= 0.3 is 0 Å². The molecule has 1 aromatic carbocycles. The monoisotopic (exact) mass is 357 g/mol. The van der Waals surface area contributed by atoms with Gasteiger partial charge in [0.1, 0.15) is 13.2 Å². The molecule has 2 aliphatic heterocycles. The molecule has 0 atom stereocenters. The molecule has 4 heterocycles. The Morgan fingerprint density at radius 3 is 2.96 bits per heavy atom. The molecular weight excluding hydrogens is 342 g/mol. The van der Waals surface area contributed by atoms with E-state index in [9.17, 15) is 4.79 Å². The summed E-state index contributed by atoms with van der Waals surface area (Å²) in [5.74, 6) is 1.15. The number of aromatic nitrogens is 3. The van der Waals surface area contributed by atoms with E-state index in [-0.39, 0.29) is 5.91 Å². The van der Waals surface area contributed by atoms with Crippen molar-refractivity contribution in [3.05, 3.63) is 29.1 Å². The van der Waals surface area contributed by atoms with Crippen molar-refractivity contribution in [2.75, 3.05) is 25.1 Å². The van der Waals surface area contributed by atoms with Crippen LogP contribution in [0, 0.1) is 0 Å². The van der Waals surface area contributed by atoms with Crippen molar-refractivity contribution in [2.24, 2.45) is 0 Å². The van der Waals surface area contributed by atoms with E-state index in [4.69, 9.17) is 9.47 Å². The lowest BCUT2D eigenvalue weighted by atomic mass is 10.1. The van der Waals surface area contributed by atoms with Crippen LogP contribution >= 0.6 is 11.3 Å². The lowest BCUT2D eigenvalue weighted by Gasteiger charge is -2.17. The molecule has 3 N–H and O–H groups in total. The first-order chi connectivity index (χ1) is 12.3. The summed E-state index contributed by atoms with van der Waals surface area (Å²) in [5.41, 5.74) is 3.15. The van der Waals surface area contributed by atoms with E-state index in [1.54, 1.807) is 0 Å². The molecule has 3 aromatic rings. The fourth-order valence-electron chi connectivity index (χ4n) is 3.09. The number of ether oxygens (including phenoxy) is 2. The van der Waals surface area contributed by atoms with Gasteiger partial charge in [-0.25, -0.2) is 4.98 Å². The third kappa shape index (κ3) is 2.52. The third-order valence-corrected chi connectivity index (χ3v) is 5.23. The Balaban J connectivity index is 1.43. The van der Waals surface area contributed by atoms with Gasteiger partial charge < -0.3 is 14.8 Å². The summed E-state index contributed by atoms with van der Waals surface area (Å²) in [7, 11) is 0. The van der Waals surface area contributed by atoms with Crippen molar-refractivity contribution >= 4 is 32.6 Å². The molecule has 5 rings (SSSR count). The van der Waals surface area contributed by atoms with E-state index < -0.39 is 0 Å². The summed E-state index contributed by atoms with van der Waals surface area (Å²) in [5, 5.41) is 13.8. The van der Waals surface area contributed by atoms with Crippen molar-refractivity contribution in [3.63, 3.8) is 0 Å². The molecule has 0 bridgehead atoms. The second-order valence-corrected chi connectivity index (χ2v) is 6.92. The molecule has 0 aliphatic carbocycles. The smallest absolute Gasteiger partial charge is 0.278 e. The van der Waals surface area contributed by atoms with Crippen LogP contribution in [0.25, 0.3) is 10.2 Å². The summed E-state index contributed by atoms with van der Waals surface area (Å²) in [6.07, 6.45) is 0.850. The molecule has 0 saturated heterocycles. The molecule has 1 amide bonds. The molecule has 128 valence electrons. The minimum absolute atomic E-state index is 0.252. The van der Waals surface area contributed by atoms with Gasteiger partial charge in [-0.2, -0.15) is 5.10 Å². The first-order valence-corrected chi connectivity index (χ1v) is 8.88. The minimum Gasteiger partial charge on any atom is -0.486 e. The zero-order valence-corrected chi connectivity index (χ0v) is 14.0. The standard InChI is InChI=1S/C16H15N5O3S/c22-15(14-8-7-17-2-1-9(8)20-21-14)19-16-18-10-5-11-12(6-13(10)25-16)24-4-3-23-11/h5-6,17H,1-4,7H2,(H,20,21)(H,18,19,22). The number of aromatic amines is 1. The van der Waals surface area contributed by atoms with E-state index in [0.29, 0.717) is 42.1 Å². The quantitative estimate of drug-likeness (QED) is 0.645. The van der Waals surface area contributed by atoms with Crippen LogP contribution in [-0.2, 0) is 13.0 Å². The van der Waals surface area contributed by atoms with Crippen LogP contribution in [0.2, 0.25) is 0 Å². The fourth-order valence-corrected chi connectivity index (χ4v) is 3.96. The van der Waals surface area contributed by atoms with Gasteiger partial charge in [0.05, 0.1) is 10.2 Å². The summed E-state index contributed by atoms with van der Waals surface area (Å²) in [6.45, 7) is 2.61. The van der Waals surface area contributed by atoms with Gasteiger partial charge in [0.15, 0.2) is 22.3 Å². The van der Waals surface area contributed by atoms with Crippen molar-refractivity contribution in [3.8, 4) is 11.5 Å². The van der Waals surface area contributed by atoms with Crippen LogP contribution in [0.15, 0.2) is 12.1 Å². The van der Waals surface area contributed by atoms with Gasteiger partial charge in [-0.05, 0) is 0 Å². The second-order valence-electron chi connectivity index (χ2n) is 5.89. The van der Waals surface area contributed by atoms with Gasteiger partial charge in [-0.1, -0.05) is 11.3 Å². The number of H-pyrrole nitrogens is 1. The number of nitrogens with one attached hydrogen (secondary N) is 3. The highest BCUT2D eigenvalue weighted by Crippen LogP contribution is 2.37. The summed E-state index contributed by atoms with van der Waals surface area (Å²) >= 11 is 1.40. The first-order valence-electron chi connectivity index (χ1n) is 8.06. The number of nitrogens with zero attached hydrogens (tertiary/aromatic N) is 2. The molecule has 2 aliphatic rings. The molecule has 25 heavy (non-hydrogen) atoms. The van der Waals surface area contributed by atoms with E-state index in [1.807, 2.05) is 12.1 Å². The average Bonchev–Trinajstić information content (AvgIpc) is 3.22. The zero-order valence-electron chi connectivity index (χ0n) is 13.2.